The van der Waals surface area contributed by atoms with E-state index in [1.165, 1.54) is 19.3 Å². The van der Waals surface area contributed by atoms with Crippen molar-refractivity contribution >= 4 is 23.1 Å². The van der Waals surface area contributed by atoms with Crippen molar-refractivity contribution < 1.29 is 4.79 Å². The summed E-state index contributed by atoms with van der Waals surface area (Å²) < 4.78 is 0. The third-order valence-electron chi connectivity index (χ3n) is 5.30. The van der Waals surface area contributed by atoms with E-state index in [0.29, 0.717) is 28.1 Å². The maximum Gasteiger partial charge on any atom is 0.168 e. The lowest BCUT2D eigenvalue weighted by molar-refractivity contribution is 0.0944. The minimum Gasteiger partial charge on any atom is -0.399 e. The molecule has 0 radical (unpaired) electrons. The van der Waals surface area contributed by atoms with Crippen LogP contribution in [0.2, 0.25) is 5.02 Å². The molecule has 0 amide bonds. The van der Waals surface area contributed by atoms with E-state index in [1.807, 2.05) is 0 Å². The number of rotatable bonds is 2. The van der Waals surface area contributed by atoms with E-state index in [4.69, 9.17) is 17.3 Å². The van der Waals surface area contributed by atoms with Crippen LogP contribution in [0.25, 0.3) is 0 Å². The number of carbonyl (C=O) groups is 1. The molecule has 2 bridgehead atoms. The minimum absolute atomic E-state index is 0.256. The standard InChI is InChI=1S/C15H16ClNO/c16-11-6-9(17)3-4-10(11)15(18)14-12-7-1-2-8(5-7)13(12)14/h3-4,6-8,12-14H,1-2,5,17H2. The summed E-state index contributed by atoms with van der Waals surface area (Å²) in [7, 11) is 0. The minimum atomic E-state index is 0.256. The van der Waals surface area contributed by atoms with E-state index in [2.05, 4.69) is 0 Å². The van der Waals surface area contributed by atoms with Crippen LogP contribution in [0, 0.1) is 29.6 Å². The molecule has 4 atom stereocenters. The lowest BCUT2D eigenvalue weighted by Crippen LogP contribution is -2.10. The third-order valence-corrected chi connectivity index (χ3v) is 5.61. The second-order valence-electron chi connectivity index (χ2n) is 6.12. The van der Waals surface area contributed by atoms with Gasteiger partial charge in [0.05, 0.1) is 5.02 Å². The summed E-state index contributed by atoms with van der Waals surface area (Å²) in [6.45, 7) is 0. The summed E-state index contributed by atoms with van der Waals surface area (Å²) in [5.74, 6) is 3.50. The van der Waals surface area contributed by atoms with Crippen LogP contribution in [0.3, 0.4) is 0 Å². The van der Waals surface area contributed by atoms with Crippen LogP contribution in [0.4, 0.5) is 5.69 Å². The van der Waals surface area contributed by atoms with Crippen molar-refractivity contribution in [2.45, 2.75) is 19.3 Å². The summed E-state index contributed by atoms with van der Waals surface area (Å²) in [5, 5.41) is 0.511. The highest BCUT2D eigenvalue weighted by Crippen LogP contribution is 2.70. The predicted molar refractivity (Wildman–Crippen MR) is 71.5 cm³/mol. The molecule has 0 aliphatic heterocycles. The van der Waals surface area contributed by atoms with Gasteiger partial charge in [0.25, 0.3) is 0 Å². The number of ketones is 1. The van der Waals surface area contributed by atoms with Crippen LogP contribution in [-0.2, 0) is 0 Å². The fourth-order valence-corrected chi connectivity index (χ4v) is 4.87. The van der Waals surface area contributed by atoms with Gasteiger partial charge in [-0.3, -0.25) is 4.79 Å². The first-order valence-corrected chi connectivity index (χ1v) is 7.14. The molecular formula is C15H16ClNO. The zero-order chi connectivity index (χ0) is 12.4. The number of carbonyl (C=O) groups excluding carboxylic acids is 1. The maximum absolute atomic E-state index is 12.5. The van der Waals surface area contributed by atoms with Crippen molar-refractivity contribution in [1.29, 1.82) is 0 Å². The molecule has 94 valence electrons. The molecule has 3 heteroatoms. The third kappa shape index (κ3) is 1.33. The molecule has 0 aromatic heterocycles. The number of anilines is 1. The lowest BCUT2D eigenvalue weighted by atomic mass is 9.96. The molecule has 3 aliphatic rings. The maximum atomic E-state index is 12.5. The predicted octanol–water partition coefficient (Wildman–Crippen LogP) is 3.40. The number of nitrogens with two attached hydrogens (primary N) is 1. The average Bonchev–Trinajstić information content (AvgIpc) is 2.77. The first kappa shape index (κ1) is 10.9. The van der Waals surface area contributed by atoms with Gasteiger partial charge in [0.2, 0.25) is 0 Å². The molecule has 3 fully saturated rings. The van der Waals surface area contributed by atoms with Crippen molar-refractivity contribution in [3.8, 4) is 0 Å². The number of halogens is 1. The Labute approximate surface area is 112 Å². The van der Waals surface area contributed by atoms with Gasteiger partial charge < -0.3 is 5.73 Å². The average molecular weight is 262 g/mol. The van der Waals surface area contributed by atoms with Gasteiger partial charge in [-0.1, -0.05) is 11.6 Å². The van der Waals surface area contributed by atoms with Gasteiger partial charge in [-0.2, -0.15) is 0 Å². The van der Waals surface area contributed by atoms with E-state index in [0.717, 1.165) is 11.8 Å². The molecule has 3 aliphatic carbocycles. The number of benzene rings is 1. The monoisotopic (exact) mass is 261 g/mol. The van der Waals surface area contributed by atoms with Crippen LogP contribution >= 0.6 is 11.6 Å². The zero-order valence-electron chi connectivity index (χ0n) is 10.1. The highest BCUT2D eigenvalue weighted by molar-refractivity contribution is 6.34. The van der Waals surface area contributed by atoms with Gasteiger partial charge in [0, 0.05) is 17.2 Å². The Balaban J connectivity index is 1.62. The van der Waals surface area contributed by atoms with Gasteiger partial charge in [0.15, 0.2) is 5.78 Å². The highest BCUT2D eigenvalue weighted by atomic mass is 35.5. The quantitative estimate of drug-likeness (QED) is 0.655. The molecule has 2 N–H and O–H groups in total. The number of nitrogen functional groups attached to an aromatic ring is 1. The van der Waals surface area contributed by atoms with Crippen molar-refractivity contribution in [3.05, 3.63) is 28.8 Å². The fourth-order valence-electron chi connectivity index (χ4n) is 4.59. The van der Waals surface area contributed by atoms with Gasteiger partial charge in [-0.15, -0.1) is 0 Å². The lowest BCUT2D eigenvalue weighted by Gasteiger charge is -2.09. The van der Waals surface area contributed by atoms with E-state index in [1.54, 1.807) is 18.2 Å². The van der Waals surface area contributed by atoms with E-state index in [-0.39, 0.29) is 11.7 Å². The number of hydrogen-bond donors (Lipinski definition) is 1. The van der Waals surface area contributed by atoms with Gasteiger partial charge in [-0.05, 0) is 61.1 Å². The highest BCUT2D eigenvalue weighted by Gasteiger charge is 2.67. The number of fused-ring (bicyclic) bond motifs is 5. The number of Topliss-reactive ketones (excluding diaryl/α,β-unsaturated/α-hetero) is 1. The topological polar surface area (TPSA) is 43.1 Å². The Kier molecular flexibility index (Phi) is 2.12. The Morgan fingerprint density at radius 2 is 1.89 bits per heavy atom. The summed E-state index contributed by atoms with van der Waals surface area (Å²) >= 11 is 6.14. The van der Waals surface area contributed by atoms with Crippen LogP contribution in [0.5, 0.6) is 0 Å². The summed E-state index contributed by atoms with van der Waals surface area (Å²) in [5.41, 5.74) is 6.96. The van der Waals surface area contributed by atoms with E-state index < -0.39 is 0 Å². The van der Waals surface area contributed by atoms with Gasteiger partial charge in [-0.25, -0.2) is 0 Å². The first-order chi connectivity index (χ1) is 8.66. The zero-order valence-corrected chi connectivity index (χ0v) is 10.9. The Bertz CT molecular complexity index is 525. The second-order valence-corrected chi connectivity index (χ2v) is 6.52. The van der Waals surface area contributed by atoms with Crippen LogP contribution in [-0.4, -0.2) is 5.78 Å². The van der Waals surface area contributed by atoms with Crippen molar-refractivity contribution in [2.24, 2.45) is 29.6 Å². The smallest absolute Gasteiger partial charge is 0.168 e. The molecule has 2 nitrogen and oxygen atoms in total. The van der Waals surface area contributed by atoms with Crippen LogP contribution < -0.4 is 5.73 Å². The van der Waals surface area contributed by atoms with Crippen molar-refractivity contribution in [1.82, 2.24) is 0 Å². The van der Waals surface area contributed by atoms with Crippen LogP contribution in [0.15, 0.2) is 18.2 Å². The Hall–Kier alpha value is -1.02. The molecule has 0 spiro atoms. The molecule has 3 saturated carbocycles. The summed E-state index contributed by atoms with van der Waals surface area (Å²) in [6.07, 6.45) is 4.05. The Morgan fingerprint density at radius 3 is 2.50 bits per heavy atom. The molecule has 0 saturated heterocycles. The largest absolute Gasteiger partial charge is 0.399 e. The first-order valence-electron chi connectivity index (χ1n) is 6.76. The number of hydrogen-bond acceptors (Lipinski definition) is 2. The van der Waals surface area contributed by atoms with Crippen LogP contribution in [0.1, 0.15) is 29.6 Å². The van der Waals surface area contributed by atoms with Crippen molar-refractivity contribution in [3.63, 3.8) is 0 Å². The molecule has 4 rings (SSSR count). The molecule has 18 heavy (non-hydrogen) atoms. The fraction of sp³-hybridized carbons (Fsp3) is 0.533. The van der Waals surface area contributed by atoms with Gasteiger partial charge >= 0.3 is 0 Å². The molecule has 4 unspecified atom stereocenters. The van der Waals surface area contributed by atoms with E-state index in [9.17, 15) is 4.79 Å². The van der Waals surface area contributed by atoms with E-state index >= 15 is 0 Å². The normalized spacial score (nSPS) is 39.7. The Morgan fingerprint density at radius 1 is 1.22 bits per heavy atom. The molecular weight excluding hydrogens is 246 g/mol. The van der Waals surface area contributed by atoms with Gasteiger partial charge in [0.1, 0.15) is 0 Å². The molecule has 1 aromatic carbocycles. The molecule has 0 heterocycles. The van der Waals surface area contributed by atoms with Crippen molar-refractivity contribution in [2.75, 3.05) is 5.73 Å². The SMILES string of the molecule is Nc1ccc(C(=O)C2C3C4CCC(C4)C23)c(Cl)c1. The summed E-state index contributed by atoms with van der Waals surface area (Å²) in [4.78, 5) is 12.5. The second kappa shape index (κ2) is 3.51. The summed E-state index contributed by atoms with van der Waals surface area (Å²) in [6, 6.07) is 5.24. The molecule has 1 aromatic rings.